The van der Waals surface area contributed by atoms with Gasteiger partial charge in [0.05, 0.1) is 6.61 Å². The van der Waals surface area contributed by atoms with E-state index < -0.39 is 25.2 Å². The number of carbonyl (C=O) groups excluding carboxylic acids is 1. The van der Waals surface area contributed by atoms with Crippen LogP contribution < -0.4 is 11.1 Å². The first-order chi connectivity index (χ1) is 5.57. The Kier molecular flexibility index (Phi) is 6.20. The summed E-state index contributed by atoms with van der Waals surface area (Å²) in [6.45, 7) is -3.33. The lowest BCUT2D eigenvalue weighted by molar-refractivity contribution is -0.141. The summed E-state index contributed by atoms with van der Waals surface area (Å²) >= 11 is 0.807. The number of halogens is 2. The first-order valence-corrected chi connectivity index (χ1v) is 4.92. The van der Waals surface area contributed by atoms with Crippen LogP contribution in [-0.4, -0.2) is 46.9 Å². The Morgan fingerprint density at radius 3 is 2.67 bits per heavy atom. The highest BCUT2D eigenvalue weighted by atomic mass is 27.0. The molecule has 0 fully saturated rings. The van der Waals surface area contributed by atoms with E-state index in [1.54, 1.807) is 0 Å². The molecule has 1 amide bonds. The van der Waals surface area contributed by atoms with Gasteiger partial charge in [-0.1, -0.05) is 0 Å². The van der Waals surface area contributed by atoms with Crippen LogP contribution >= 0.6 is 0 Å². The Hall–Kier alpha value is -0.218. The topological polar surface area (TPSA) is 64.3 Å². The number of rotatable bonds is 5. The van der Waals surface area contributed by atoms with Gasteiger partial charge >= 0.3 is 6.61 Å². The number of carbonyl (C=O) groups is 1. The van der Waals surface area contributed by atoms with Crippen LogP contribution in [0, 0.1) is 0 Å². The van der Waals surface area contributed by atoms with Crippen molar-refractivity contribution < 1.29 is 18.3 Å². The predicted molar refractivity (Wildman–Crippen MR) is 41.5 cm³/mol. The molecule has 0 aromatic heterocycles. The second-order valence-electron chi connectivity index (χ2n) is 2.10. The lowest BCUT2D eigenvalue weighted by Gasteiger charge is -2.10. The van der Waals surface area contributed by atoms with Gasteiger partial charge in [-0.3, -0.25) is 4.79 Å². The van der Waals surface area contributed by atoms with E-state index in [0.717, 1.165) is 16.3 Å². The van der Waals surface area contributed by atoms with Crippen molar-refractivity contribution in [2.24, 2.45) is 5.73 Å². The highest BCUT2D eigenvalue weighted by Gasteiger charge is 2.14. The molecular weight excluding hydrogens is 185 g/mol. The van der Waals surface area contributed by atoms with Gasteiger partial charge in [0.2, 0.25) is 22.2 Å². The molecule has 0 aromatic rings. The molecule has 4 nitrogen and oxygen atoms in total. The maximum absolute atomic E-state index is 11.4. The normalized spacial score (nSPS) is 13.0. The van der Waals surface area contributed by atoms with Gasteiger partial charge < -0.3 is 15.8 Å². The Bertz CT molecular complexity index is 147. The van der Waals surface area contributed by atoms with Gasteiger partial charge in [0.1, 0.15) is 6.04 Å². The maximum atomic E-state index is 11.4. The van der Waals surface area contributed by atoms with E-state index in [1.807, 2.05) is 0 Å². The third-order valence-electron chi connectivity index (χ3n) is 1.09. The standard InChI is InChI=1S/C5H9F2N2O2.Al.2H/c1-9-4(10)3(8)2-11-5(6)7;;;/h3,5H,1-2,8H2,(H,9,10);;;/t3-;;;/m1.../s1. The molecule has 1 atom stereocenters. The van der Waals surface area contributed by atoms with Crippen molar-refractivity contribution in [2.75, 3.05) is 12.0 Å². The third kappa shape index (κ3) is 5.44. The summed E-state index contributed by atoms with van der Waals surface area (Å²) in [6, 6.07) is -1.01. The summed E-state index contributed by atoms with van der Waals surface area (Å²) in [5.74, 6) is -0.453. The number of amides is 1. The molecule has 0 unspecified atom stereocenters. The summed E-state index contributed by atoms with van der Waals surface area (Å²) in [5, 5.41) is 3.00. The average Bonchev–Trinajstić information content (AvgIpc) is 2.00. The first-order valence-electron chi connectivity index (χ1n) is 3.51. The zero-order valence-corrected chi connectivity index (χ0v) is 8.72. The third-order valence-corrected chi connectivity index (χ3v) is 1.44. The lowest BCUT2D eigenvalue weighted by Crippen LogP contribution is -2.44. The fourth-order valence-electron chi connectivity index (χ4n) is 0.557. The van der Waals surface area contributed by atoms with Gasteiger partial charge in [-0.2, -0.15) is 8.78 Å². The Labute approximate surface area is 76.9 Å². The minimum absolute atomic E-state index is 0.453. The van der Waals surface area contributed by atoms with Crippen molar-refractivity contribution in [2.45, 2.75) is 12.7 Å². The van der Waals surface area contributed by atoms with Crippen LogP contribution in [0.3, 0.4) is 0 Å². The van der Waals surface area contributed by atoms with E-state index in [0.29, 0.717) is 5.41 Å². The zero-order valence-electron chi connectivity index (χ0n) is 6.72. The molecule has 70 valence electrons. The first kappa shape index (κ1) is 11.8. The van der Waals surface area contributed by atoms with Gasteiger partial charge in [-0.15, -0.1) is 0 Å². The van der Waals surface area contributed by atoms with E-state index in [4.69, 9.17) is 5.73 Å². The van der Waals surface area contributed by atoms with Gasteiger partial charge in [0, 0.05) is 0 Å². The quantitative estimate of drug-likeness (QED) is 0.513. The SMILES string of the molecule is N[C@H](COC(F)F)C(=O)N[CH2][AlH2]. The molecule has 12 heavy (non-hydrogen) atoms. The molecule has 0 saturated carbocycles. The van der Waals surface area contributed by atoms with Crippen molar-refractivity contribution >= 4 is 22.2 Å². The van der Waals surface area contributed by atoms with Crippen LogP contribution in [0.2, 0.25) is 0 Å². The summed E-state index contributed by atoms with van der Waals surface area (Å²) in [7, 11) is 0. The molecule has 0 rings (SSSR count). The lowest BCUT2D eigenvalue weighted by atomic mass is 10.3. The smallest absolute Gasteiger partial charge is 0.345 e. The molecule has 0 spiro atoms. The van der Waals surface area contributed by atoms with Crippen molar-refractivity contribution in [3.05, 3.63) is 0 Å². The predicted octanol–water partition coefficient (Wildman–Crippen LogP) is -1.74. The Balaban J connectivity index is 3.56. The minimum Gasteiger partial charge on any atom is -0.369 e. The second-order valence-corrected chi connectivity index (χ2v) is 2.80. The maximum Gasteiger partial charge on any atom is 0.345 e. The molecule has 0 radical (unpaired) electrons. The molecule has 0 aromatic carbocycles. The summed E-state index contributed by atoms with van der Waals surface area (Å²) < 4.78 is 26.7. The molecule has 0 aliphatic carbocycles. The van der Waals surface area contributed by atoms with Crippen molar-refractivity contribution in [3.8, 4) is 0 Å². The van der Waals surface area contributed by atoms with E-state index in [2.05, 4.69) is 10.1 Å². The van der Waals surface area contributed by atoms with Gasteiger partial charge in [-0.05, 0) is 5.41 Å². The summed E-state index contributed by atoms with van der Waals surface area (Å²) in [4.78, 5) is 10.8. The van der Waals surface area contributed by atoms with Crippen molar-refractivity contribution in [1.29, 1.82) is 0 Å². The largest absolute Gasteiger partial charge is 0.369 e. The highest BCUT2D eigenvalue weighted by molar-refractivity contribution is 6.10. The monoisotopic (exact) mass is 196 g/mol. The summed E-state index contributed by atoms with van der Waals surface area (Å²) in [5.41, 5.74) is 5.20. The van der Waals surface area contributed by atoms with Crippen molar-refractivity contribution in [3.63, 3.8) is 0 Å². The highest BCUT2D eigenvalue weighted by Crippen LogP contribution is 1.94. The Morgan fingerprint density at radius 2 is 2.25 bits per heavy atom. The van der Waals surface area contributed by atoms with Gasteiger partial charge in [0.25, 0.3) is 0 Å². The van der Waals surface area contributed by atoms with Crippen LogP contribution in [0.5, 0.6) is 0 Å². The number of ether oxygens (including phenoxy) is 1. The van der Waals surface area contributed by atoms with Gasteiger partial charge in [0.15, 0.2) is 0 Å². The van der Waals surface area contributed by atoms with Crippen molar-refractivity contribution in [1.82, 2.24) is 5.32 Å². The van der Waals surface area contributed by atoms with Crippen LogP contribution in [0.25, 0.3) is 0 Å². The minimum atomic E-state index is -2.88. The number of nitrogens with two attached hydrogens (primary N) is 1. The van der Waals surface area contributed by atoms with E-state index in [1.165, 1.54) is 0 Å². The fraction of sp³-hybridized carbons (Fsp3) is 0.800. The fourth-order valence-corrected chi connectivity index (χ4v) is 0.906. The second kappa shape index (κ2) is 6.32. The summed E-state index contributed by atoms with van der Waals surface area (Å²) in [6.07, 6.45) is 0. The van der Waals surface area contributed by atoms with Gasteiger partial charge in [-0.25, -0.2) is 0 Å². The Morgan fingerprint density at radius 1 is 1.67 bits per heavy atom. The zero-order chi connectivity index (χ0) is 9.56. The average molecular weight is 196 g/mol. The van der Waals surface area contributed by atoms with Crippen LogP contribution in [-0.2, 0) is 9.53 Å². The molecule has 7 heteroatoms. The van der Waals surface area contributed by atoms with Crippen LogP contribution in [0.1, 0.15) is 0 Å². The molecule has 0 heterocycles. The molecule has 0 aliphatic rings. The number of hydrogen-bond donors (Lipinski definition) is 2. The number of nitrogens with one attached hydrogen (secondary N) is 1. The molecule has 0 saturated heterocycles. The molecule has 3 N–H and O–H groups in total. The molecule has 0 aliphatic heterocycles. The van der Waals surface area contributed by atoms with Crippen LogP contribution in [0.4, 0.5) is 8.78 Å². The number of alkyl halides is 2. The van der Waals surface area contributed by atoms with E-state index in [9.17, 15) is 13.6 Å². The van der Waals surface area contributed by atoms with Crippen LogP contribution in [0.15, 0.2) is 0 Å². The molecular formula is C5H11AlF2N2O2. The van der Waals surface area contributed by atoms with E-state index >= 15 is 0 Å². The molecule has 0 bridgehead atoms. The van der Waals surface area contributed by atoms with E-state index in [-0.39, 0.29) is 0 Å². The number of hydrogen-bond acceptors (Lipinski definition) is 3.